The van der Waals surface area contributed by atoms with E-state index in [-0.39, 0.29) is 6.08 Å². The van der Waals surface area contributed by atoms with E-state index in [2.05, 4.69) is 0 Å². The number of Topliss-reactive ketones (excluding diaryl/α,β-unsaturated/α-hetero) is 1. The number of rotatable bonds is 5. The number of carbonyl (C=O) groups excluding carboxylic acids is 1. The first-order chi connectivity index (χ1) is 6.34. The molecule has 0 aliphatic heterocycles. The zero-order valence-corrected chi connectivity index (χ0v) is 6.76. The Balaban J connectivity index is 4.72. The predicted molar refractivity (Wildman–Crippen MR) is 40.6 cm³/mol. The van der Waals surface area contributed by atoms with E-state index in [1.807, 2.05) is 0 Å². The largest absolute Gasteiger partial charge is 0.478 e. The summed E-state index contributed by atoms with van der Waals surface area (Å²) in [6.45, 7) is 0. The lowest BCUT2D eigenvalue weighted by Crippen LogP contribution is -2.16. The van der Waals surface area contributed by atoms with Crippen molar-refractivity contribution in [3.63, 3.8) is 0 Å². The van der Waals surface area contributed by atoms with Gasteiger partial charge in [-0.1, -0.05) is 0 Å². The average molecular weight is 202 g/mol. The van der Waals surface area contributed by atoms with E-state index in [1.165, 1.54) is 0 Å². The van der Waals surface area contributed by atoms with Gasteiger partial charge in [0.05, 0.1) is 12.0 Å². The van der Waals surface area contributed by atoms with E-state index in [4.69, 9.17) is 15.3 Å². The predicted octanol–water partition coefficient (Wildman–Crippen LogP) is -0.874. The fraction of sp³-hybridized carbons (Fsp3) is 0.143. The van der Waals surface area contributed by atoms with Crippen molar-refractivity contribution in [3.8, 4) is 0 Å². The van der Waals surface area contributed by atoms with Crippen LogP contribution in [0.5, 0.6) is 0 Å². The quantitative estimate of drug-likeness (QED) is 0.390. The molecule has 14 heavy (non-hydrogen) atoms. The Morgan fingerprint density at radius 1 is 0.929 bits per heavy atom. The van der Waals surface area contributed by atoms with E-state index in [0.717, 1.165) is 0 Å². The SMILES string of the molecule is O=C(O)/C=C(/CC(=O)C(=O)O)C(=O)O. The third-order valence-electron chi connectivity index (χ3n) is 1.16. The minimum Gasteiger partial charge on any atom is -0.478 e. The lowest BCUT2D eigenvalue weighted by molar-refractivity contribution is -0.149. The van der Waals surface area contributed by atoms with Gasteiger partial charge in [0, 0.05) is 6.08 Å². The van der Waals surface area contributed by atoms with Gasteiger partial charge in [0.25, 0.3) is 0 Å². The topological polar surface area (TPSA) is 129 Å². The van der Waals surface area contributed by atoms with Gasteiger partial charge in [0.1, 0.15) is 0 Å². The minimum atomic E-state index is -1.80. The number of hydrogen-bond acceptors (Lipinski definition) is 4. The van der Waals surface area contributed by atoms with Crippen molar-refractivity contribution in [1.82, 2.24) is 0 Å². The molecule has 0 aromatic carbocycles. The Hall–Kier alpha value is -2.18. The molecule has 76 valence electrons. The molecule has 0 bridgehead atoms. The zero-order chi connectivity index (χ0) is 11.3. The molecule has 7 heteroatoms. The first-order valence-corrected chi connectivity index (χ1v) is 3.27. The van der Waals surface area contributed by atoms with Gasteiger partial charge in [-0.3, -0.25) is 4.79 Å². The lowest BCUT2D eigenvalue weighted by Gasteiger charge is -1.96. The molecule has 0 radical (unpaired) electrons. The van der Waals surface area contributed by atoms with Crippen LogP contribution >= 0.6 is 0 Å². The van der Waals surface area contributed by atoms with Gasteiger partial charge < -0.3 is 15.3 Å². The molecule has 0 aliphatic rings. The molecular weight excluding hydrogens is 196 g/mol. The maximum atomic E-state index is 10.5. The Morgan fingerprint density at radius 2 is 1.43 bits per heavy atom. The van der Waals surface area contributed by atoms with E-state index in [1.54, 1.807) is 0 Å². The summed E-state index contributed by atoms with van der Waals surface area (Å²) in [5.41, 5.74) is -0.773. The van der Waals surface area contributed by atoms with Crippen molar-refractivity contribution in [1.29, 1.82) is 0 Å². The van der Waals surface area contributed by atoms with Crippen LogP contribution in [0, 0.1) is 0 Å². The van der Waals surface area contributed by atoms with E-state index in [9.17, 15) is 19.2 Å². The van der Waals surface area contributed by atoms with E-state index in [0.29, 0.717) is 0 Å². The summed E-state index contributed by atoms with van der Waals surface area (Å²) in [6.07, 6.45) is -0.667. The standard InChI is InChI=1S/C7H6O7/c8-4(7(13)14)1-3(6(11)12)2-5(9)10/h2H,1H2,(H,9,10)(H,11,12)(H,13,14)/b3-2-. The van der Waals surface area contributed by atoms with Crippen LogP contribution in [0.2, 0.25) is 0 Å². The highest BCUT2D eigenvalue weighted by atomic mass is 16.4. The molecule has 3 N–H and O–H groups in total. The maximum absolute atomic E-state index is 10.5. The van der Waals surface area contributed by atoms with Crippen molar-refractivity contribution in [2.75, 3.05) is 0 Å². The summed E-state index contributed by atoms with van der Waals surface area (Å²) in [5.74, 6) is -6.37. The van der Waals surface area contributed by atoms with Crippen molar-refractivity contribution < 1.29 is 34.5 Å². The van der Waals surface area contributed by atoms with Crippen LogP contribution < -0.4 is 0 Å². The molecule has 0 heterocycles. The molecule has 0 amide bonds. The summed E-state index contributed by atoms with van der Waals surface area (Å²) in [6, 6.07) is 0. The Kier molecular flexibility index (Phi) is 4.01. The summed E-state index contributed by atoms with van der Waals surface area (Å²) < 4.78 is 0. The van der Waals surface area contributed by atoms with Gasteiger partial charge >= 0.3 is 17.9 Å². The Morgan fingerprint density at radius 3 is 1.71 bits per heavy atom. The Labute approximate surface area is 77.3 Å². The summed E-state index contributed by atoms with van der Waals surface area (Å²) in [4.78, 5) is 41.0. The van der Waals surface area contributed by atoms with Crippen LogP contribution in [-0.4, -0.2) is 39.0 Å². The van der Waals surface area contributed by atoms with Crippen LogP contribution in [0.1, 0.15) is 6.42 Å². The second-order valence-electron chi connectivity index (χ2n) is 2.22. The summed E-state index contributed by atoms with van der Waals surface area (Å²) in [7, 11) is 0. The first kappa shape index (κ1) is 11.8. The van der Waals surface area contributed by atoms with Crippen molar-refractivity contribution in [2.45, 2.75) is 6.42 Å². The van der Waals surface area contributed by atoms with Gasteiger partial charge in [0.15, 0.2) is 0 Å². The van der Waals surface area contributed by atoms with Crippen LogP contribution in [0.15, 0.2) is 11.6 Å². The number of carbonyl (C=O) groups is 4. The molecule has 0 rings (SSSR count). The molecule has 0 unspecified atom stereocenters. The highest BCUT2D eigenvalue weighted by Gasteiger charge is 2.19. The second kappa shape index (κ2) is 4.75. The molecule has 0 spiro atoms. The van der Waals surface area contributed by atoms with Gasteiger partial charge in [-0.15, -0.1) is 0 Å². The van der Waals surface area contributed by atoms with Crippen LogP contribution in [-0.2, 0) is 19.2 Å². The van der Waals surface area contributed by atoms with Gasteiger partial charge in [0.2, 0.25) is 5.78 Å². The molecule has 0 atom stereocenters. The van der Waals surface area contributed by atoms with Crippen molar-refractivity contribution in [3.05, 3.63) is 11.6 Å². The normalized spacial score (nSPS) is 10.7. The number of carboxylic acid groups (broad SMARTS) is 3. The number of hydrogen-bond donors (Lipinski definition) is 3. The molecule has 7 nitrogen and oxygen atoms in total. The van der Waals surface area contributed by atoms with E-state index >= 15 is 0 Å². The third kappa shape index (κ3) is 4.00. The maximum Gasteiger partial charge on any atom is 0.372 e. The molecule has 0 saturated carbocycles. The highest BCUT2D eigenvalue weighted by molar-refractivity contribution is 6.34. The average Bonchev–Trinajstić information content (AvgIpc) is 2.01. The number of ketones is 1. The van der Waals surface area contributed by atoms with Crippen LogP contribution in [0.25, 0.3) is 0 Å². The first-order valence-electron chi connectivity index (χ1n) is 3.27. The van der Waals surface area contributed by atoms with Gasteiger partial charge in [-0.25, -0.2) is 14.4 Å². The molecule has 0 aromatic heterocycles. The summed E-state index contributed by atoms with van der Waals surface area (Å²) in [5, 5.41) is 24.7. The highest BCUT2D eigenvalue weighted by Crippen LogP contribution is 2.02. The monoisotopic (exact) mass is 202 g/mol. The Bertz CT molecular complexity index is 325. The van der Waals surface area contributed by atoms with Crippen molar-refractivity contribution >= 4 is 23.7 Å². The molecule has 0 fully saturated rings. The fourth-order valence-electron chi connectivity index (χ4n) is 0.586. The zero-order valence-electron chi connectivity index (χ0n) is 6.76. The number of carboxylic acids is 3. The fourth-order valence-corrected chi connectivity index (χ4v) is 0.586. The molecule has 0 aromatic rings. The summed E-state index contributed by atoms with van der Waals surface area (Å²) >= 11 is 0. The molecule has 0 aliphatic carbocycles. The second-order valence-corrected chi connectivity index (χ2v) is 2.22. The van der Waals surface area contributed by atoms with Gasteiger partial charge in [-0.05, 0) is 0 Å². The molecule has 0 saturated heterocycles. The van der Waals surface area contributed by atoms with Crippen molar-refractivity contribution in [2.24, 2.45) is 0 Å². The van der Waals surface area contributed by atoms with Gasteiger partial charge in [-0.2, -0.15) is 0 Å². The third-order valence-corrected chi connectivity index (χ3v) is 1.16. The smallest absolute Gasteiger partial charge is 0.372 e. The van der Waals surface area contributed by atoms with Crippen LogP contribution in [0.3, 0.4) is 0 Å². The van der Waals surface area contributed by atoms with E-state index < -0.39 is 35.7 Å². The number of aliphatic carboxylic acids is 3. The lowest BCUT2D eigenvalue weighted by atomic mass is 10.1. The minimum absolute atomic E-state index is 0.281. The van der Waals surface area contributed by atoms with Crippen LogP contribution in [0.4, 0.5) is 0 Å². The molecular formula is C7H6O7.